The quantitative estimate of drug-likeness (QED) is 0.899. The topological polar surface area (TPSA) is 41.1 Å². The Morgan fingerprint density at radius 1 is 1.54 bits per heavy atom. The molecule has 1 aromatic heterocycles. The van der Waals surface area contributed by atoms with Crippen molar-refractivity contribution in [1.29, 1.82) is 0 Å². The zero-order valence-corrected chi connectivity index (χ0v) is 10.3. The van der Waals surface area contributed by atoms with Crippen LogP contribution in [0.4, 0.5) is 5.13 Å². The van der Waals surface area contributed by atoms with Crippen molar-refractivity contribution in [3.63, 3.8) is 0 Å². The lowest BCUT2D eigenvalue weighted by atomic mass is 10.3. The van der Waals surface area contributed by atoms with Gasteiger partial charge in [-0.15, -0.1) is 10.2 Å². The van der Waals surface area contributed by atoms with E-state index in [-0.39, 0.29) is 0 Å². The molecule has 0 spiro atoms. The van der Waals surface area contributed by atoms with Gasteiger partial charge in [0, 0.05) is 12.6 Å². The van der Waals surface area contributed by atoms with Crippen LogP contribution in [0.25, 0.3) is 0 Å². The lowest BCUT2D eigenvalue weighted by molar-refractivity contribution is 0.326. The van der Waals surface area contributed by atoms with Crippen molar-refractivity contribution >= 4 is 32.4 Å². The average Bonchev–Trinajstić information content (AvgIpc) is 2.47. The SMILES string of the molecule is CC(CNc1nnc(Br)s1)N(C)C. The number of rotatable bonds is 4. The van der Waals surface area contributed by atoms with Crippen molar-refractivity contribution in [1.82, 2.24) is 15.1 Å². The van der Waals surface area contributed by atoms with E-state index in [0.717, 1.165) is 15.6 Å². The number of halogens is 1. The fourth-order valence-corrected chi connectivity index (χ4v) is 1.71. The van der Waals surface area contributed by atoms with Crippen LogP contribution in [-0.4, -0.2) is 41.8 Å². The molecular weight excluding hydrogens is 252 g/mol. The summed E-state index contributed by atoms with van der Waals surface area (Å²) in [6, 6.07) is 0.489. The van der Waals surface area contributed by atoms with Gasteiger partial charge in [-0.1, -0.05) is 11.3 Å². The highest BCUT2D eigenvalue weighted by Crippen LogP contribution is 2.19. The zero-order chi connectivity index (χ0) is 9.84. The van der Waals surface area contributed by atoms with Crippen LogP contribution >= 0.6 is 27.3 Å². The Balaban J connectivity index is 2.35. The Morgan fingerprint density at radius 3 is 2.69 bits per heavy atom. The molecule has 1 unspecified atom stereocenters. The summed E-state index contributed by atoms with van der Waals surface area (Å²) >= 11 is 4.77. The molecule has 0 saturated carbocycles. The smallest absolute Gasteiger partial charge is 0.206 e. The molecule has 0 aliphatic rings. The average molecular weight is 265 g/mol. The minimum atomic E-state index is 0.489. The van der Waals surface area contributed by atoms with Gasteiger partial charge >= 0.3 is 0 Å². The Kier molecular flexibility index (Phi) is 4.08. The molecule has 1 aromatic rings. The molecule has 0 saturated heterocycles. The van der Waals surface area contributed by atoms with Gasteiger partial charge in [0.05, 0.1) is 0 Å². The van der Waals surface area contributed by atoms with Crippen molar-refractivity contribution < 1.29 is 0 Å². The molecule has 0 aliphatic heterocycles. The third kappa shape index (κ3) is 3.58. The van der Waals surface area contributed by atoms with Crippen molar-refractivity contribution in [2.75, 3.05) is 26.0 Å². The second kappa shape index (κ2) is 4.88. The minimum absolute atomic E-state index is 0.489. The van der Waals surface area contributed by atoms with Gasteiger partial charge in [0.25, 0.3) is 0 Å². The Morgan fingerprint density at radius 2 is 2.23 bits per heavy atom. The second-order valence-electron chi connectivity index (χ2n) is 3.05. The fourth-order valence-electron chi connectivity index (χ4n) is 0.694. The number of aromatic nitrogens is 2. The van der Waals surface area contributed by atoms with Crippen LogP contribution < -0.4 is 5.32 Å². The summed E-state index contributed by atoms with van der Waals surface area (Å²) in [4.78, 5) is 2.16. The molecule has 0 amide bonds. The van der Waals surface area contributed by atoms with E-state index in [2.05, 4.69) is 57.4 Å². The van der Waals surface area contributed by atoms with Crippen LogP contribution in [0.3, 0.4) is 0 Å². The van der Waals surface area contributed by atoms with Gasteiger partial charge in [-0.25, -0.2) is 0 Å². The summed E-state index contributed by atoms with van der Waals surface area (Å²) in [7, 11) is 4.12. The number of hydrogen-bond donors (Lipinski definition) is 1. The molecule has 74 valence electrons. The van der Waals surface area contributed by atoms with Crippen LogP contribution in [0.15, 0.2) is 3.92 Å². The molecule has 4 nitrogen and oxygen atoms in total. The third-order valence-corrected chi connectivity index (χ3v) is 3.14. The molecule has 1 N–H and O–H groups in total. The van der Waals surface area contributed by atoms with Gasteiger partial charge in [-0.3, -0.25) is 0 Å². The third-order valence-electron chi connectivity index (χ3n) is 1.83. The van der Waals surface area contributed by atoms with Gasteiger partial charge in [0.15, 0.2) is 3.92 Å². The van der Waals surface area contributed by atoms with E-state index in [1.165, 1.54) is 11.3 Å². The molecule has 0 aromatic carbocycles. The number of nitrogens with zero attached hydrogens (tertiary/aromatic N) is 3. The summed E-state index contributed by atoms with van der Waals surface area (Å²) in [5.74, 6) is 0. The number of anilines is 1. The first-order valence-electron chi connectivity index (χ1n) is 3.99. The molecule has 1 rings (SSSR count). The van der Waals surface area contributed by atoms with Crippen molar-refractivity contribution in [2.24, 2.45) is 0 Å². The van der Waals surface area contributed by atoms with E-state index >= 15 is 0 Å². The predicted molar refractivity (Wildman–Crippen MR) is 59.2 cm³/mol. The number of hydrogen-bond acceptors (Lipinski definition) is 5. The highest BCUT2D eigenvalue weighted by atomic mass is 79.9. The number of likely N-dealkylation sites (N-methyl/N-ethyl adjacent to an activating group) is 1. The first-order valence-corrected chi connectivity index (χ1v) is 5.60. The van der Waals surface area contributed by atoms with Crippen molar-refractivity contribution in [2.45, 2.75) is 13.0 Å². The fraction of sp³-hybridized carbons (Fsp3) is 0.714. The van der Waals surface area contributed by atoms with E-state index in [1.54, 1.807) is 0 Å². The van der Waals surface area contributed by atoms with Gasteiger partial charge in [0.1, 0.15) is 0 Å². The summed E-state index contributed by atoms with van der Waals surface area (Å²) in [6.45, 7) is 3.04. The van der Waals surface area contributed by atoms with Gasteiger partial charge in [-0.2, -0.15) is 0 Å². The molecule has 0 aliphatic carbocycles. The van der Waals surface area contributed by atoms with E-state index in [9.17, 15) is 0 Å². The van der Waals surface area contributed by atoms with Gasteiger partial charge < -0.3 is 10.2 Å². The summed E-state index contributed by atoms with van der Waals surface area (Å²) in [5, 5.41) is 11.9. The summed E-state index contributed by atoms with van der Waals surface area (Å²) < 4.78 is 0.813. The Hall–Kier alpha value is -0.200. The first-order chi connectivity index (χ1) is 6.09. The second-order valence-corrected chi connectivity index (χ2v) is 5.31. The zero-order valence-electron chi connectivity index (χ0n) is 7.91. The highest BCUT2D eigenvalue weighted by molar-refractivity contribution is 9.11. The Bertz CT molecular complexity index is 263. The maximum Gasteiger partial charge on any atom is 0.206 e. The summed E-state index contributed by atoms with van der Waals surface area (Å²) in [6.07, 6.45) is 0. The lowest BCUT2D eigenvalue weighted by Gasteiger charge is -2.19. The van der Waals surface area contributed by atoms with E-state index in [0.29, 0.717) is 6.04 Å². The van der Waals surface area contributed by atoms with Crippen molar-refractivity contribution in [3.8, 4) is 0 Å². The van der Waals surface area contributed by atoms with E-state index in [4.69, 9.17) is 0 Å². The van der Waals surface area contributed by atoms with Gasteiger partial charge in [0.2, 0.25) is 5.13 Å². The largest absolute Gasteiger partial charge is 0.358 e. The molecule has 0 radical (unpaired) electrons. The lowest BCUT2D eigenvalue weighted by Crippen LogP contribution is -2.31. The van der Waals surface area contributed by atoms with Crippen LogP contribution in [0.5, 0.6) is 0 Å². The molecule has 0 fully saturated rings. The Labute approximate surface area is 90.5 Å². The van der Waals surface area contributed by atoms with Crippen LogP contribution in [0.1, 0.15) is 6.92 Å². The monoisotopic (exact) mass is 264 g/mol. The standard InChI is InChI=1S/C7H13BrN4S/c1-5(12(2)3)4-9-7-11-10-6(8)13-7/h5H,4H2,1-3H3,(H,9,11). The molecular formula is C7H13BrN4S. The van der Waals surface area contributed by atoms with E-state index in [1.807, 2.05) is 0 Å². The van der Waals surface area contributed by atoms with E-state index < -0.39 is 0 Å². The predicted octanol–water partition coefficient (Wildman–Crippen LogP) is 1.66. The molecule has 1 atom stereocenters. The first kappa shape index (κ1) is 10.9. The maximum atomic E-state index is 3.94. The molecule has 6 heteroatoms. The molecule has 0 bridgehead atoms. The van der Waals surface area contributed by atoms with Gasteiger partial charge in [-0.05, 0) is 36.9 Å². The number of nitrogens with one attached hydrogen (secondary N) is 1. The normalized spacial score (nSPS) is 13.3. The molecule has 1 heterocycles. The van der Waals surface area contributed by atoms with Crippen LogP contribution in [-0.2, 0) is 0 Å². The maximum absolute atomic E-state index is 3.94. The molecule has 13 heavy (non-hydrogen) atoms. The summed E-state index contributed by atoms with van der Waals surface area (Å²) in [5.41, 5.74) is 0. The highest BCUT2D eigenvalue weighted by Gasteiger charge is 2.05. The van der Waals surface area contributed by atoms with Crippen molar-refractivity contribution in [3.05, 3.63) is 3.92 Å². The van der Waals surface area contributed by atoms with Crippen LogP contribution in [0.2, 0.25) is 0 Å². The minimum Gasteiger partial charge on any atom is -0.358 e. The van der Waals surface area contributed by atoms with Crippen LogP contribution in [0, 0.1) is 0 Å².